The summed E-state index contributed by atoms with van der Waals surface area (Å²) in [7, 11) is -31.5. The number of hydrogen-bond acceptors (Lipinski definition) is 8. The van der Waals surface area contributed by atoms with Crippen molar-refractivity contribution >= 4 is 40.1 Å². The second-order valence-corrected chi connectivity index (χ2v) is 16.2. The summed E-state index contributed by atoms with van der Waals surface area (Å²) in [5, 5.41) is 0. The predicted molar refractivity (Wildman–Crippen MR) is 119 cm³/mol. The lowest BCUT2D eigenvalue weighted by molar-refractivity contribution is -0.0574. The van der Waals surface area contributed by atoms with Crippen LogP contribution in [0.25, 0.3) is 0 Å². The number of hydrogen-bond donors (Lipinski definition) is 0. The molecule has 1 atom stereocenters. The van der Waals surface area contributed by atoms with Crippen molar-refractivity contribution in [1.82, 2.24) is 7.42 Å². The first-order valence-electron chi connectivity index (χ1n) is 11.2. The van der Waals surface area contributed by atoms with Crippen molar-refractivity contribution < 1.29 is 86.4 Å². The molecule has 0 aromatic rings. The third-order valence-corrected chi connectivity index (χ3v) is 12.8. The molecular weight excluding hydrogens is 704 g/mol. The summed E-state index contributed by atoms with van der Waals surface area (Å²) >= 11 is 0. The maximum Gasteiger partial charge on any atom is 0.512 e. The van der Waals surface area contributed by atoms with Crippen molar-refractivity contribution in [3.05, 3.63) is 0 Å². The van der Waals surface area contributed by atoms with E-state index in [9.17, 15) is 86.4 Å². The first kappa shape index (κ1) is 40.9. The van der Waals surface area contributed by atoms with Gasteiger partial charge in [0.15, 0.2) is 0 Å². The zero-order valence-corrected chi connectivity index (χ0v) is 24.2. The van der Waals surface area contributed by atoms with Gasteiger partial charge < -0.3 is 0 Å². The number of unbranched alkanes of at least 4 members (excludes halogenated alkanes) is 7. The smallest absolute Gasteiger partial charge is 0.202 e. The molecule has 0 aliphatic rings. The van der Waals surface area contributed by atoms with E-state index in [2.05, 4.69) is 0 Å². The third kappa shape index (κ3) is 9.44. The Balaban J connectivity index is 7.24. The molecule has 42 heavy (non-hydrogen) atoms. The Labute approximate surface area is 233 Å². The Morgan fingerprint density at radius 2 is 0.762 bits per heavy atom. The predicted octanol–water partition coefficient (Wildman–Crippen LogP) is 4.89. The van der Waals surface area contributed by atoms with Gasteiger partial charge in [-0.05, 0) is 6.42 Å². The van der Waals surface area contributed by atoms with Crippen LogP contribution in [0.15, 0.2) is 0 Å². The minimum Gasteiger partial charge on any atom is -0.202 e. The lowest BCUT2D eigenvalue weighted by Crippen LogP contribution is -2.59. The molecule has 26 heteroatoms. The van der Waals surface area contributed by atoms with E-state index in [1.54, 1.807) is 0 Å². The largest absolute Gasteiger partial charge is 0.512 e. The molecule has 0 radical (unpaired) electrons. The van der Waals surface area contributed by atoms with E-state index in [4.69, 9.17) is 0 Å². The zero-order valence-electron chi connectivity index (χ0n) is 21.0. The highest BCUT2D eigenvalue weighted by molar-refractivity contribution is 8.05. The van der Waals surface area contributed by atoms with Crippen molar-refractivity contribution in [2.24, 2.45) is 0 Å². The number of rotatable bonds is 16. The summed E-state index contributed by atoms with van der Waals surface area (Å²) in [4.78, 5) is 0. The van der Waals surface area contributed by atoms with Gasteiger partial charge in [0.2, 0.25) is 0 Å². The minimum atomic E-state index is -7.90. The van der Waals surface area contributed by atoms with Crippen LogP contribution in [0.4, 0.5) is 52.7 Å². The summed E-state index contributed by atoms with van der Waals surface area (Å²) in [6, 6.07) is -3.92. The molecule has 0 aliphatic heterocycles. The van der Waals surface area contributed by atoms with Crippen LogP contribution in [0.1, 0.15) is 64.7 Å². The van der Waals surface area contributed by atoms with Crippen LogP contribution in [0.3, 0.4) is 0 Å². The fourth-order valence-corrected chi connectivity index (χ4v) is 9.05. The monoisotopic (exact) mass is 728 g/mol. The molecule has 254 valence electrons. The maximum atomic E-state index is 13.3. The van der Waals surface area contributed by atoms with Crippen LogP contribution in [0.2, 0.25) is 0 Å². The summed E-state index contributed by atoms with van der Waals surface area (Å²) in [5.74, 6) is 0. The standard InChI is InChI=1S/C16H24F12N2O8S4/c1-2-3-4-5-6-7-8-9-10-12(30(41(35,36)15(23,24)25)42(37,38)16(26,27)28)11-29(39(31,32)13(17,18)19)40(33,34)14(20,21)22/h12H,2-11H2,1H3. The Morgan fingerprint density at radius 3 is 1.05 bits per heavy atom. The molecule has 0 aromatic heterocycles. The molecule has 0 aromatic carbocycles. The number of alkyl halides is 12. The van der Waals surface area contributed by atoms with Gasteiger partial charge in [-0.2, -0.15) is 52.7 Å². The van der Waals surface area contributed by atoms with Gasteiger partial charge >= 0.3 is 62.1 Å². The van der Waals surface area contributed by atoms with Crippen molar-refractivity contribution in [2.45, 2.75) is 92.8 Å². The highest BCUT2D eigenvalue weighted by Gasteiger charge is 2.66. The van der Waals surface area contributed by atoms with Gasteiger partial charge in [-0.1, -0.05) is 65.7 Å². The van der Waals surface area contributed by atoms with Crippen LogP contribution < -0.4 is 0 Å². The molecule has 0 N–H and O–H groups in total. The molecule has 0 heterocycles. The molecule has 0 fully saturated rings. The molecule has 1 unspecified atom stereocenters. The fraction of sp³-hybridized carbons (Fsp3) is 1.00. The van der Waals surface area contributed by atoms with Crippen LogP contribution >= 0.6 is 0 Å². The molecular formula is C16H24F12N2O8S4. The molecule has 0 rings (SSSR count). The molecule has 0 saturated heterocycles. The SMILES string of the molecule is CCCCCCCCCCC(CN(S(=O)(=O)C(F)(F)F)S(=O)(=O)C(F)(F)F)N(S(=O)(=O)C(F)(F)F)S(=O)(=O)C(F)(F)F. The third-order valence-electron chi connectivity index (χ3n) is 5.23. The van der Waals surface area contributed by atoms with Gasteiger partial charge in [-0.25, -0.2) is 33.7 Å². The summed E-state index contributed by atoms with van der Waals surface area (Å²) in [6.45, 7) is -1.46. The average molecular weight is 729 g/mol. The van der Waals surface area contributed by atoms with Crippen molar-refractivity contribution in [3.63, 3.8) is 0 Å². The molecule has 0 saturated carbocycles. The van der Waals surface area contributed by atoms with Crippen LogP contribution in [-0.4, -0.2) is 75.7 Å². The lowest BCUT2D eigenvalue weighted by atomic mass is 10.1. The molecule has 10 nitrogen and oxygen atoms in total. The van der Waals surface area contributed by atoms with E-state index in [1.165, 1.54) is 0 Å². The van der Waals surface area contributed by atoms with Gasteiger partial charge in [0.1, 0.15) is 0 Å². The maximum absolute atomic E-state index is 13.3. The van der Waals surface area contributed by atoms with E-state index in [-0.39, 0.29) is 12.8 Å². The van der Waals surface area contributed by atoms with E-state index in [0.717, 1.165) is 12.8 Å². The van der Waals surface area contributed by atoms with Crippen molar-refractivity contribution in [1.29, 1.82) is 0 Å². The molecule has 0 amide bonds. The summed E-state index contributed by atoms with van der Waals surface area (Å²) in [6.07, 6.45) is 0.0316. The van der Waals surface area contributed by atoms with E-state index in [0.29, 0.717) is 19.3 Å². The van der Waals surface area contributed by atoms with Crippen LogP contribution in [-0.2, 0) is 40.1 Å². The number of nitrogens with zero attached hydrogens (tertiary/aromatic N) is 2. The van der Waals surface area contributed by atoms with E-state index in [1.807, 2.05) is 6.92 Å². The summed E-state index contributed by atoms with van der Waals surface area (Å²) in [5.41, 5.74) is -28.0. The topological polar surface area (TPSA) is 143 Å². The normalized spacial score (nSPS) is 15.9. The zero-order chi connectivity index (χ0) is 33.8. The molecule has 0 aliphatic carbocycles. The Bertz CT molecular complexity index is 1230. The molecule has 0 spiro atoms. The van der Waals surface area contributed by atoms with Gasteiger partial charge in [0.05, 0.1) is 6.04 Å². The first-order chi connectivity index (χ1) is 18.4. The average Bonchev–Trinajstić information content (AvgIpc) is 2.75. The summed E-state index contributed by atoms with van der Waals surface area (Å²) < 4.78 is 248. The second-order valence-electron chi connectivity index (χ2n) is 8.40. The van der Waals surface area contributed by atoms with Gasteiger partial charge in [-0.15, -0.1) is 0 Å². The fourth-order valence-electron chi connectivity index (χ4n) is 3.23. The first-order valence-corrected chi connectivity index (χ1v) is 17.0. The number of halogens is 12. The lowest BCUT2D eigenvalue weighted by Gasteiger charge is -2.34. The molecule has 0 bridgehead atoms. The van der Waals surface area contributed by atoms with Crippen LogP contribution in [0.5, 0.6) is 0 Å². The highest BCUT2D eigenvalue weighted by atomic mass is 32.3. The van der Waals surface area contributed by atoms with Gasteiger partial charge in [-0.3, -0.25) is 0 Å². The van der Waals surface area contributed by atoms with Crippen LogP contribution in [0, 0.1) is 0 Å². The van der Waals surface area contributed by atoms with E-state index < -0.39 is 95.0 Å². The Kier molecular flexibility index (Phi) is 13.5. The Hall–Kier alpha value is -1.12. The number of sulfonamides is 4. The second kappa shape index (κ2) is 13.9. The highest BCUT2D eigenvalue weighted by Crippen LogP contribution is 2.40. The van der Waals surface area contributed by atoms with E-state index >= 15 is 0 Å². The van der Waals surface area contributed by atoms with Gasteiger partial charge in [0, 0.05) is 6.54 Å². The minimum absolute atomic E-state index is 0.0416. The van der Waals surface area contributed by atoms with Crippen molar-refractivity contribution in [2.75, 3.05) is 6.54 Å². The van der Waals surface area contributed by atoms with Crippen molar-refractivity contribution in [3.8, 4) is 0 Å². The van der Waals surface area contributed by atoms with Gasteiger partial charge in [0.25, 0.3) is 0 Å². The Morgan fingerprint density at radius 1 is 0.476 bits per heavy atom. The quantitative estimate of drug-likeness (QED) is 0.162.